The Morgan fingerprint density at radius 1 is 0.867 bits per heavy atom. The Kier molecular flexibility index (Phi) is 5.04. The number of ether oxygens (including phenoxy) is 2. The topological polar surface area (TPSA) is 57.2 Å². The predicted molar refractivity (Wildman–Crippen MR) is 104 cm³/mol. The molecular weight excluding hydrogens is 401 g/mol. The second kappa shape index (κ2) is 7.47. The summed E-state index contributed by atoms with van der Waals surface area (Å²) in [5.41, 5.74) is -0.907. The SMILES string of the molecule is CN1CCOC2CN(c3cc(C(F)(F)F)nc(N4CC5OCCN(C)C5C4)n3)CC21. The van der Waals surface area contributed by atoms with Crippen molar-refractivity contribution in [1.82, 2.24) is 19.8 Å². The first-order valence-electron chi connectivity index (χ1n) is 10.4. The molecule has 0 aromatic carbocycles. The van der Waals surface area contributed by atoms with Gasteiger partial charge in [0.05, 0.1) is 37.5 Å². The van der Waals surface area contributed by atoms with E-state index in [1.807, 2.05) is 23.9 Å². The fourth-order valence-corrected chi connectivity index (χ4v) is 4.94. The summed E-state index contributed by atoms with van der Waals surface area (Å²) in [5, 5.41) is 0. The van der Waals surface area contributed by atoms with E-state index in [0.29, 0.717) is 45.2 Å². The van der Waals surface area contributed by atoms with E-state index in [9.17, 15) is 13.2 Å². The lowest BCUT2D eigenvalue weighted by atomic mass is 10.1. The van der Waals surface area contributed by atoms with Gasteiger partial charge in [0, 0.05) is 45.3 Å². The number of anilines is 2. The number of halogens is 3. The summed E-state index contributed by atoms with van der Waals surface area (Å²) in [6, 6.07) is 1.35. The molecule has 4 atom stereocenters. The maximum absolute atomic E-state index is 13.6. The van der Waals surface area contributed by atoms with Crippen molar-refractivity contribution in [3.8, 4) is 0 Å². The molecule has 5 rings (SSSR count). The lowest BCUT2D eigenvalue weighted by Crippen LogP contribution is -2.48. The van der Waals surface area contributed by atoms with Gasteiger partial charge in [-0.1, -0.05) is 0 Å². The van der Waals surface area contributed by atoms with Gasteiger partial charge in [-0.05, 0) is 14.1 Å². The van der Waals surface area contributed by atoms with E-state index in [1.54, 1.807) is 0 Å². The maximum Gasteiger partial charge on any atom is 0.433 e. The Bertz CT molecular complexity index is 742. The zero-order valence-corrected chi connectivity index (χ0v) is 17.2. The van der Waals surface area contributed by atoms with Crippen LogP contribution >= 0.6 is 0 Å². The first-order chi connectivity index (χ1) is 14.3. The van der Waals surface area contributed by atoms with Crippen LogP contribution in [0.3, 0.4) is 0 Å². The average molecular weight is 428 g/mol. The molecule has 1 aromatic rings. The third kappa shape index (κ3) is 3.61. The molecule has 4 aliphatic heterocycles. The number of aromatic nitrogens is 2. The van der Waals surface area contributed by atoms with E-state index < -0.39 is 11.9 Å². The van der Waals surface area contributed by atoms with Gasteiger partial charge in [-0.3, -0.25) is 9.80 Å². The molecule has 166 valence electrons. The largest absolute Gasteiger partial charge is 0.433 e. The molecule has 8 nitrogen and oxygen atoms in total. The molecule has 4 saturated heterocycles. The summed E-state index contributed by atoms with van der Waals surface area (Å²) < 4.78 is 52.6. The van der Waals surface area contributed by atoms with Gasteiger partial charge in [-0.25, -0.2) is 4.98 Å². The molecule has 11 heteroatoms. The summed E-state index contributed by atoms with van der Waals surface area (Å²) in [4.78, 5) is 16.6. The molecule has 0 amide bonds. The highest BCUT2D eigenvalue weighted by atomic mass is 19.4. The molecule has 0 bridgehead atoms. The Morgan fingerprint density at radius 2 is 1.43 bits per heavy atom. The summed E-state index contributed by atoms with van der Waals surface area (Å²) in [6.07, 6.45) is -4.60. The molecule has 0 saturated carbocycles. The van der Waals surface area contributed by atoms with E-state index in [1.165, 1.54) is 0 Å². The molecule has 4 fully saturated rings. The monoisotopic (exact) mass is 428 g/mol. The normalized spacial score (nSPS) is 33.1. The Morgan fingerprint density at radius 3 is 2.00 bits per heavy atom. The fourth-order valence-electron chi connectivity index (χ4n) is 4.94. The number of hydrogen-bond donors (Lipinski definition) is 0. The van der Waals surface area contributed by atoms with Gasteiger partial charge in [0.15, 0.2) is 5.69 Å². The van der Waals surface area contributed by atoms with Gasteiger partial charge in [0.2, 0.25) is 5.95 Å². The average Bonchev–Trinajstić information content (AvgIpc) is 3.33. The van der Waals surface area contributed by atoms with Crippen LogP contribution in [-0.2, 0) is 15.7 Å². The molecule has 0 aliphatic carbocycles. The minimum Gasteiger partial charge on any atom is -0.373 e. The Labute approximate surface area is 173 Å². The van der Waals surface area contributed by atoms with Crippen molar-refractivity contribution < 1.29 is 22.6 Å². The van der Waals surface area contributed by atoms with Crippen molar-refractivity contribution in [2.24, 2.45) is 0 Å². The van der Waals surface area contributed by atoms with Crippen LogP contribution in [0.2, 0.25) is 0 Å². The molecule has 4 aliphatic rings. The molecular formula is C19H27F3N6O2. The molecule has 0 radical (unpaired) electrons. The van der Waals surface area contributed by atoms with Crippen LogP contribution in [0.25, 0.3) is 0 Å². The molecule has 30 heavy (non-hydrogen) atoms. The minimum absolute atomic E-state index is 0.0202. The molecule has 5 heterocycles. The molecule has 4 unspecified atom stereocenters. The third-order valence-electron chi connectivity index (χ3n) is 6.76. The maximum atomic E-state index is 13.6. The third-order valence-corrected chi connectivity index (χ3v) is 6.76. The van der Waals surface area contributed by atoms with Crippen LogP contribution in [0, 0.1) is 0 Å². The standard InChI is InChI=1S/C19H27F3N6O2/c1-25-3-5-29-14-10-27(8-12(14)25)17-7-16(19(20,21)22)23-18(24-17)28-9-13-15(11-28)30-6-4-26(13)2/h7,12-15H,3-6,8-11H2,1-2H3. The van der Waals surface area contributed by atoms with Crippen molar-refractivity contribution in [2.45, 2.75) is 30.5 Å². The highest BCUT2D eigenvalue weighted by Crippen LogP contribution is 2.34. The van der Waals surface area contributed by atoms with Gasteiger partial charge >= 0.3 is 6.18 Å². The smallest absolute Gasteiger partial charge is 0.373 e. The highest BCUT2D eigenvalue weighted by Gasteiger charge is 2.43. The second-order valence-electron chi connectivity index (χ2n) is 8.63. The van der Waals surface area contributed by atoms with Gasteiger partial charge < -0.3 is 19.3 Å². The number of nitrogens with zero attached hydrogens (tertiary/aromatic N) is 6. The fraction of sp³-hybridized carbons (Fsp3) is 0.789. The van der Waals surface area contributed by atoms with Crippen molar-refractivity contribution in [3.05, 3.63) is 11.8 Å². The zero-order chi connectivity index (χ0) is 21.0. The molecule has 0 N–H and O–H groups in total. The van der Waals surface area contributed by atoms with Crippen LogP contribution in [-0.4, -0.2) is 111 Å². The van der Waals surface area contributed by atoms with E-state index >= 15 is 0 Å². The first-order valence-corrected chi connectivity index (χ1v) is 10.4. The van der Waals surface area contributed by atoms with Crippen molar-refractivity contribution in [2.75, 3.05) is 76.4 Å². The predicted octanol–water partition coefficient (Wildman–Crippen LogP) is 0.534. The lowest BCUT2D eigenvalue weighted by molar-refractivity contribution is -0.141. The van der Waals surface area contributed by atoms with Gasteiger partial charge in [-0.15, -0.1) is 0 Å². The van der Waals surface area contributed by atoms with Gasteiger partial charge in [0.25, 0.3) is 0 Å². The van der Waals surface area contributed by atoms with E-state index in [0.717, 1.165) is 19.2 Å². The van der Waals surface area contributed by atoms with Gasteiger partial charge in [-0.2, -0.15) is 18.2 Å². The van der Waals surface area contributed by atoms with Crippen LogP contribution in [0.5, 0.6) is 0 Å². The quantitative estimate of drug-likeness (QED) is 0.677. The summed E-state index contributed by atoms with van der Waals surface area (Å²) >= 11 is 0. The van der Waals surface area contributed by atoms with Crippen LogP contribution in [0.1, 0.15) is 5.69 Å². The van der Waals surface area contributed by atoms with Crippen LogP contribution in [0.4, 0.5) is 24.9 Å². The number of fused-ring (bicyclic) bond motifs is 2. The number of hydrogen-bond acceptors (Lipinski definition) is 8. The van der Waals surface area contributed by atoms with Crippen molar-refractivity contribution >= 4 is 11.8 Å². The van der Waals surface area contributed by atoms with Crippen LogP contribution in [0.15, 0.2) is 6.07 Å². The van der Waals surface area contributed by atoms with Crippen molar-refractivity contribution in [3.63, 3.8) is 0 Å². The summed E-state index contributed by atoms with van der Waals surface area (Å²) in [7, 11) is 4.04. The summed E-state index contributed by atoms with van der Waals surface area (Å²) in [6.45, 7) is 5.07. The lowest BCUT2D eigenvalue weighted by Gasteiger charge is -2.33. The molecule has 1 aromatic heterocycles. The van der Waals surface area contributed by atoms with Gasteiger partial charge in [0.1, 0.15) is 5.82 Å². The second-order valence-corrected chi connectivity index (χ2v) is 8.63. The van der Waals surface area contributed by atoms with E-state index in [-0.39, 0.29) is 30.2 Å². The van der Waals surface area contributed by atoms with Crippen LogP contribution < -0.4 is 9.80 Å². The molecule has 0 spiro atoms. The zero-order valence-electron chi connectivity index (χ0n) is 17.2. The van der Waals surface area contributed by atoms with E-state index in [2.05, 4.69) is 19.8 Å². The highest BCUT2D eigenvalue weighted by molar-refractivity contribution is 5.49. The first kappa shape index (κ1) is 20.2. The number of morpholine rings is 2. The van der Waals surface area contributed by atoms with E-state index in [4.69, 9.17) is 9.47 Å². The Hall–Kier alpha value is -1.69. The minimum atomic E-state index is -4.54. The number of rotatable bonds is 2. The van der Waals surface area contributed by atoms with Crippen molar-refractivity contribution in [1.29, 1.82) is 0 Å². The Balaban J connectivity index is 1.44. The summed E-state index contributed by atoms with van der Waals surface area (Å²) in [5.74, 6) is 0.429. The number of likely N-dealkylation sites (N-methyl/N-ethyl adjacent to an activating group) is 2. The number of alkyl halides is 3.